The van der Waals surface area contributed by atoms with Gasteiger partial charge in [-0.1, -0.05) is 121 Å². The molecule has 0 aliphatic heterocycles. The molecule has 2 heteroatoms. The summed E-state index contributed by atoms with van der Waals surface area (Å²) in [6.45, 7) is 0. The van der Waals surface area contributed by atoms with Crippen LogP contribution < -0.4 is 5.32 Å². The molecule has 7 aromatic carbocycles. The third-order valence-electron chi connectivity index (χ3n) is 8.07. The minimum Gasteiger partial charge on any atom is -0.455 e. The summed E-state index contributed by atoms with van der Waals surface area (Å²) >= 11 is 0. The second kappa shape index (κ2) is 10.1. The van der Waals surface area contributed by atoms with Gasteiger partial charge in [0.05, 0.1) is 0 Å². The first-order chi connectivity index (χ1) is 20.8. The van der Waals surface area contributed by atoms with E-state index in [1.165, 1.54) is 33.0 Å². The number of para-hydroxylation sites is 2. The molecule has 1 N–H and O–H groups in total. The summed E-state index contributed by atoms with van der Waals surface area (Å²) in [4.78, 5) is 0. The second-order valence-electron chi connectivity index (χ2n) is 10.7. The Morgan fingerprint density at radius 2 is 0.976 bits per heavy atom. The van der Waals surface area contributed by atoms with Crippen LogP contribution in [0.15, 0.2) is 162 Å². The molecule has 8 aromatic rings. The molecule has 0 atom stereocenters. The van der Waals surface area contributed by atoms with Crippen LogP contribution in [0.2, 0.25) is 0 Å². The zero-order valence-corrected chi connectivity index (χ0v) is 22.9. The Kier molecular flexibility index (Phi) is 5.82. The van der Waals surface area contributed by atoms with E-state index < -0.39 is 0 Å². The number of rotatable bonds is 5. The van der Waals surface area contributed by atoms with Gasteiger partial charge >= 0.3 is 0 Å². The van der Waals surface area contributed by atoms with Crippen molar-refractivity contribution in [1.29, 1.82) is 0 Å². The van der Waals surface area contributed by atoms with Gasteiger partial charge in [0.25, 0.3) is 0 Å². The third kappa shape index (κ3) is 4.31. The minimum absolute atomic E-state index is 0.918. The van der Waals surface area contributed by atoms with Gasteiger partial charge in [-0.25, -0.2) is 0 Å². The van der Waals surface area contributed by atoms with Crippen molar-refractivity contribution >= 4 is 44.1 Å². The van der Waals surface area contributed by atoms with Crippen molar-refractivity contribution in [2.75, 3.05) is 5.32 Å². The maximum absolute atomic E-state index is 6.25. The van der Waals surface area contributed by atoms with Gasteiger partial charge in [0.15, 0.2) is 0 Å². The average molecular weight is 538 g/mol. The summed E-state index contributed by atoms with van der Waals surface area (Å²) in [5, 5.41) is 8.38. The van der Waals surface area contributed by atoms with E-state index in [9.17, 15) is 0 Å². The van der Waals surface area contributed by atoms with E-state index in [0.717, 1.165) is 44.4 Å². The molecule has 0 amide bonds. The van der Waals surface area contributed by atoms with Crippen molar-refractivity contribution in [2.24, 2.45) is 0 Å². The van der Waals surface area contributed by atoms with Crippen LogP contribution in [0, 0.1) is 0 Å². The highest BCUT2D eigenvalue weighted by atomic mass is 16.3. The van der Waals surface area contributed by atoms with Crippen molar-refractivity contribution in [3.8, 4) is 33.4 Å². The van der Waals surface area contributed by atoms with Crippen LogP contribution in [-0.2, 0) is 0 Å². The van der Waals surface area contributed by atoms with Gasteiger partial charge < -0.3 is 9.73 Å². The van der Waals surface area contributed by atoms with Gasteiger partial charge in [-0.05, 0) is 75.0 Å². The zero-order chi connectivity index (χ0) is 27.9. The fourth-order valence-electron chi connectivity index (χ4n) is 5.96. The highest BCUT2D eigenvalue weighted by molar-refractivity contribution is 6.09. The van der Waals surface area contributed by atoms with Gasteiger partial charge in [0.1, 0.15) is 11.2 Å². The predicted octanol–water partition coefficient (Wildman–Crippen LogP) is 11.5. The monoisotopic (exact) mass is 537 g/mol. The van der Waals surface area contributed by atoms with E-state index in [2.05, 4.69) is 151 Å². The maximum atomic E-state index is 6.25. The Labute approximate surface area is 244 Å². The van der Waals surface area contributed by atoms with Gasteiger partial charge in [-0.3, -0.25) is 0 Å². The first kappa shape index (κ1) is 24.2. The summed E-state index contributed by atoms with van der Waals surface area (Å²) in [6, 6.07) is 55.6. The van der Waals surface area contributed by atoms with E-state index in [4.69, 9.17) is 4.42 Å². The lowest BCUT2D eigenvalue weighted by molar-refractivity contribution is 0.670. The highest BCUT2D eigenvalue weighted by Gasteiger charge is 2.12. The van der Waals surface area contributed by atoms with E-state index in [0.29, 0.717) is 0 Å². The molecule has 42 heavy (non-hydrogen) atoms. The summed E-state index contributed by atoms with van der Waals surface area (Å²) in [5.74, 6) is 0. The molecule has 8 rings (SSSR count). The van der Waals surface area contributed by atoms with Crippen LogP contribution in [0.3, 0.4) is 0 Å². The number of anilines is 2. The number of benzene rings is 7. The topological polar surface area (TPSA) is 25.2 Å². The van der Waals surface area contributed by atoms with Gasteiger partial charge in [-0.15, -0.1) is 0 Å². The van der Waals surface area contributed by atoms with Crippen molar-refractivity contribution in [3.05, 3.63) is 158 Å². The van der Waals surface area contributed by atoms with Crippen LogP contribution in [-0.4, -0.2) is 0 Å². The fraction of sp³-hybridized carbons (Fsp3) is 0. The summed E-state index contributed by atoms with van der Waals surface area (Å²) in [6.07, 6.45) is 0. The van der Waals surface area contributed by atoms with Crippen LogP contribution in [0.5, 0.6) is 0 Å². The number of hydrogen-bond acceptors (Lipinski definition) is 2. The lowest BCUT2D eigenvalue weighted by Gasteiger charge is -2.11. The Morgan fingerprint density at radius 1 is 0.381 bits per heavy atom. The first-order valence-electron chi connectivity index (χ1n) is 14.3. The van der Waals surface area contributed by atoms with E-state index in [-0.39, 0.29) is 0 Å². The van der Waals surface area contributed by atoms with Crippen molar-refractivity contribution < 1.29 is 4.42 Å². The standard InChI is InChI=1S/C40H27NO/c1-2-12-34-28(8-1)9-6-14-35(34)31-11-5-10-30(26-31)27-18-22-32(23-19-27)41-33-24-20-29(21-25-33)36-15-7-16-38-37-13-3-4-17-39(37)42-40(36)38/h1-26,41H. The Bertz CT molecular complexity index is 2200. The highest BCUT2D eigenvalue weighted by Crippen LogP contribution is 2.36. The lowest BCUT2D eigenvalue weighted by atomic mass is 9.95. The molecule has 0 fully saturated rings. The van der Waals surface area contributed by atoms with E-state index in [1.807, 2.05) is 12.1 Å². The van der Waals surface area contributed by atoms with Gasteiger partial charge in [0, 0.05) is 27.7 Å². The maximum Gasteiger partial charge on any atom is 0.143 e. The fourth-order valence-corrected chi connectivity index (χ4v) is 5.96. The molecular weight excluding hydrogens is 510 g/mol. The summed E-state index contributed by atoms with van der Waals surface area (Å²) in [7, 11) is 0. The zero-order valence-electron chi connectivity index (χ0n) is 22.9. The first-order valence-corrected chi connectivity index (χ1v) is 14.3. The Hall–Kier alpha value is -5.60. The van der Waals surface area contributed by atoms with Crippen LogP contribution >= 0.6 is 0 Å². The molecule has 1 aromatic heterocycles. The Balaban J connectivity index is 1.03. The molecule has 0 saturated heterocycles. The van der Waals surface area contributed by atoms with Crippen LogP contribution in [0.25, 0.3) is 66.1 Å². The van der Waals surface area contributed by atoms with Crippen LogP contribution in [0.1, 0.15) is 0 Å². The quantitative estimate of drug-likeness (QED) is 0.236. The molecule has 0 aliphatic rings. The normalized spacial score (nSPS) is 11.3. The molecule has 0 bridgehead atoms. The molecule has 0 unspecified atom stereocenters. The average Bonchev–Trinajstić information content (AvgIpc) is 3.44. The molecule has 0 spiro atoms. The van der Waals surface area contributed by atoms with Crippen molar-refractivity contribution in [2.45, 2.75) is 0 Å². The second-order valence-corrected chi connectivity index (χ2v) is 10.7. The van der Waals surface area contributed by atoms with Crippen molar-refractivity contribution in [3.63, 3.8) is 0 Å². The molecular formula is C40H27NO. The van der Waals surface area contributed by atoms with E-state index in [1.54, 1.807) is 0 Å². The molecule has 0 aliphatic carbocycles. The van der Waals surface area contributed by atoms with Crippen LogP contribution in [0.4, 0.5) is 11.4 Å². The van der Waals surface area contributed by atoms with Gasteiger partial charge in [-0.2, -0.15) is 0 Å². The molecule has 2 nitrogen and oxygen atoms in total. The van der Waals surface area contributed by atoms with E-state index >= 15 is 0 Å². The SMILES string of the molecule is c1cc(-c2ccc(Nc3ccc(-c4cccc5c4oc4ccccc45)cc3)cc2)cc(-c2cccc3ccccc23)c1. The number of furan rings is 1. The molecule has 0 radical (unpaired) electrons. The third-order valence-corrected chi connectivity index (χ3v) is 8.07. The van der Waals surface area contributed by atoms with Crippen molar-refractivity contribution in [1.82, 2.24) is 0 Å². The van der Waals surface area contributed by atoms with Gasteiger partial charge in [0.2, 0.25) is 0 Å². The molecule has 0 saturated carbocycles. The predicted molar refractivity (Wildman–Crippen MR) is 177 cm³/mol. The lowest BCUT2D eigenvalue weighted by Crippen LogP contribution is -1.90. The largest absolute Gasteiger partial charge is 0.455 e. The summed E-state index contributed by atoms with van der Waals surface area (Å²) < 4.78 is 6.25. The minimum atomic E-state index is 0.918. The smallest absolute Gasteiger partial charge is 0.143 e. The molecule has 198 valence electrons. The summed E-state index contributed by atoms with van der Waals surface area (Å²) in [5.41, 5.74) is 11.1. The Morgan fingerprint density at radius 3 is 1.81 bits per heavy atom. The number of nitrogens with one attached hydrogen (secondary N) is 1. The molecule has 1 heterocycles. The number of fused-ring (bicyclic) bond motifs is 4. The number of hydrogen-bond donors (Lipinski definition) is 1.